The van der Waals surface area contributed by atoms with Crippen LogP contribution < -0.4 is 5.32 Å². The van der Waals surface area contributed by atoms with Gasteiger partial charge >= 0.3 is 0 Å². The quantitative estimate of drug-likeness (QED) is 0.905. The molecule has 0 aromatic carbocycles. The smallest absolute Gasteiger partial charge is 0.174 e. The molecule has 8 heteroatoms. The van der Waals surface area contributed by atoms with E-state index in [0.29, 0.717) is 18.1 Å². The van der Waals surface area contributed by atoms with Crippen LogP contribution in [0.25, 0.3) is 0 Å². The number of aryl methyl sites for hydroxylation is 1. The van der Waals surface area contributed by atoms with E-state index >= 15 is 0 Å². The summed E-state index contributed by atoms with van der Waals surface area (Å²) in [5, 5.41) is 15.0. The number of hydrogen-bond acceptors (Lipinski definition) is 5. The Morgan fingerprint density at radius 1 is 1.38 bits per heavy atom. The first-order valence-electron chi connectivity index (χ1n) is 4.42. The molecule has 0 spiro atoms. The largest absolute Gasteiger partial charge is 0.375 e. The van der Waals surface area contributed by atoms with Gasteiger partial charge in [-0.25, -0.2) is 4.98 Å². The van der Waals surface area contributed by atoms with E-state index in [4.69, 9.17) is 23.2 Å². The number of halogens is 2. The average Bonchev–Trinajstić information content (AvgIpc) is 2.66. The molecule has 0 atom stereocenters. The first-order valence-corrected chi connectivity index (χ1v) is 5.18. The second-order valence-electron chi connectivity index (χ2n) is 3.06. The lowest BCUT2D eigenvalue weighted by atomic mass is 10.4. The van der Waals surface area contributed by atoms with Gasteiger partial charge < -0.3 is 5.32 Å². The number of aromatic nitrogens is 5. The molecule has 2 aromatic heterocycles. The topological polar surface area (TPSA) is 68.5 Å². The minimum Gasteiger partial charge on any atom is -0.375 e. The summed E-state index contributed by atoms with van der Waals surface area (Å²) < 4.78 is 1.62. The molecule has 84 valence electrons. The second kappa shape index (κ2) is 4.63. The standard InChI is InChI=1S/C8H8Cl2N6/c1-16-4-12-7(15-16)3-11-5-2-6(9)13-14-8(5)10/h2,4H,3H2,1H3,(H,11,13). The van der Waals surface area contributed by atoms with Crippen LogP contribution in [0.15, 0.2) is 12.4 Å². The van der Waals surface area contributed by atoms with Crippen molar-refractivity contribution >= 4 is 28.9 Å². The van der Waals surface area contributed by atoms with Crippen molar-refractivity contribution in [1.82, 2.24) is 25.0 Å². The number of anilines is 1. The first kappa shape index (κ1) is 11.1. The normalized spacial score (nSPS) is 10.4. The Balaban J connectivity index is 2.07. The molecular formula is C8H8Cl2N6. The SMILES string of the molecule is Cn1cnc(CNc2cc(Cl)nnc2Cl)n1. The van der Waals surface area contributed by atoms with E-state index in [1.54, 1.807) is 24.1 Å². The van der Waals surface area contributed by atoms with Crippen molar-refractivity contribution in [1.29, 1.82) is 0 Å². The van der Waals surface area contributed by atoms with Crippen LogP contribution in [0, 0.1) is 0 Å². The van der Waals surface area contributed by atoms with E-state index in [-0.39, 0.29) is 10.3 Å². The van der Waals surface area contributed by atoms with Gasteiger partial charge in [-0.15, -0.1) is 10.2 Å². The fourth-order valence-corrected chi connectivity index (χ4v) is 1.42. The van der Waals surface area contributed by atoms with Crippen molar-refractivity contribution in [3.05, 3.63) is 28.5 Å². The van der Waals surface area contributed by atoms with Gasteiger partial charge in [0.2, 0.25) is 0 Å². The Morgan fingerprint density at radius 3 is 2.88 bits per heavy atom. The van der Waals surface area contributed by atoms with Crippen molar-refractivity contribution < 1.29 is 0 Å². The molecule has 16 heavy (non-hydrogen) atoms. The first-order chi connectivity index (χ1) is 7.65. The van der Waals surface area contributed by atoms with Crippen molar-refractivity contribution in [2.45, 2.75) is 6.54 Å². The van der Waals surface area contributed by atoms with E-state index in [2.05, 4.69) is 25.6 Å². The minimum atomic E-state index is 0.264. The van der Waals surface area contributed by atoms with Crippen LogP contribution in [0.3, 0.4) is 0 Å². The van der Waals surface area contributed by atoms with Gasteiger partial charge in [-0.1, -0.05) is 23.2 Å². The third kappa shape index (κ3) is 2.59. The number of rotatable bonds is 3. The molecule has 0 radical (unpaired) electrons. The lowest BCUT2D eigenvalue weighted by Gasteiger charge is -2.04. The summed E-state index contributed by atoms with van der Waals surface area (Å²) in [7, 11) is 1.80. The zero-order valence-corrected chi connectivity index (χ0v) is 9.87. The molecule has 6 nitrogen and oxygen atoms in total. The predicted molar refractivity (Wildman–Crippen MR) is 60.4 cm³/mol. The summed E-state index contributed by atoms with van der Waals surface area (Å²) in [6, 6.07) is 1.60. The number of nitrogens with zero attached hydrogens (tertiary/aromatic N) is 5. The lowest BCUT2D eigenvalue weighted by molar-refractivity contribution is 0.747. The van der Waals surface area contributed by atoms with Gasteiger partial charge in [0.25, 0.3) is 0 Å². The third-order valence-electron chi connectivity index (χ3n) is 1.80. The van der Waals surface area contributed by atoms with E-state index in [1.165, 1.54) is 0 Å². The molecule has 0 aliphatic carbocycles. The maximum Gasteiger partial charge on any atom is 0.174 e. The zero-order valence-electron chi connectivity index (χ0n) is 8.35. The average molecular weight is 259 g/mol. The minimum absolute atomic E-state index is 0.264. The van der Waals surface area contributed by atoms with Gasteiger partial charge in [-0.05, 0) is 0 Å². The third-order valence-corrected chi connectivity index (χ3v) is 2.27. The number of hydrogen-bond donors (Lipinski definition) is 1. The molecular weight excluding hydrogens is 251 g/mol. The highest BCUT2D eigenvalue weighted by Gasteiger charge is 2.05. The molecule has 1 N–H and O–H groups in total. The van der Waals surface area contributed by atoms with Crippen molar-refractivity contribution in [2.24, 2.45) is 7.05 Å². The summed E-state index contributed by atoms with van der Waals surface area (Å²) in [6.45, 7) is 0.447. The molecule has 2 rings (SSSR count). The van der Waals surface area contributed by atoms with Crippen LogP contribution in [-0.2, 0) is 13.6 Å². The summed E-state index contributed by atoms with van der Waals surface area (Å²) in [5.41, 5.74) is 0.606. The molecule has 0 fully saturated rings. The van der Waals surface area contributed by atoms with Crippen LogP contribution in [0.4, 0.5) is 5.69 Å². The molecule has 0 bridgehead atoms. The molecule has 0 saturated carbocycles. The fraction of sp³-hybridized carbons (Fsp3) is 0.250. The second-order valence-corrected chi connectivity index (χ2v) is 3.80. The maximum absolute atomic E-state index is 5.83. The molecule has 2 heterocycles. The van der Waals surface area contributed by atoms with Gasteiger partial charge in [0.05, 0.1) is 12.2 Å². The summed E-state index contributed by atoms with van der Waals surface area (Å²) >= 11 is 11.5. The lowest BCUT2D eigenvalue weighted by Crippen LogP contribution is -2.04. The molecule has 2 aromatic rings. The van der Waals surface area contributed by atoms with Gasteiger partial charge in [-0.2, -0.15) is 5.10 Å². The van der Waals surface area contributed by atoms with Gasteiger partial charge in [0, 0.05) is 13.1 Å². The Hall–Kier alpha value is -1.40. The summed E-state index contributed by atoms with van der Waals surface area (Å²) in [5.74, 6) is 0.659. The Labute approximate surface area is 102 Å². The Bertz CT molecular complexity index is 497. The van der Waals surface area contributed by atoms with Gasteiger partial charge in [0.15, 0.2) is 16.1 Å². The highest BCUT2D eigenvalue weighted by atomic mass is 35.5. The summed E-state index contributed by atoms with van der Waals surface area (Å²) in [4.78, 5) is 4.06. The highest BCUT2D eigenvalue weighted by Crippen LogP contribution is 2.20. The van der Waals surface area contributed by atoms with Crippen LogP contribution in [0.2, 0.25) is 10.3 Å². The predicted octanol–water partition coefficient (Wildman–Crippen LogP) is 1.52. The molecule has 0 aliphatic rings. The zero-order chi connectivity index (χ0) is 11.5. The van der Waals surface area contributed by atoms with E-state index in [9.17, 15) is 0 Å². The highest BCUT2D eigenvalue weighted by molar-refractivity contribution is 6.33. The van der Waals surface area contributed by atoms with Gasteiger partial charge in [-0.3, -0.25) is 4.68 Å². The van der Waals surface area contributed by atoms with Gasteiger partial charge in [0.1, 0.15) is 6.33 Å². The van der Waals surface area contributed by atoms with Crippen molar-refractivity contribution in [3.8, 4) is 0 Å². The molecule has 0 unspecified atom stereocenters. The number of nitrogens with one attached hydrogen (secondary N) is 1. The van der Waals surface area contributed by atoms with Crippen LogP contribution >= 0.6 is 23.2 Å². The Kier molecular flexibility index (Phi) is 3.21. The van der Waals surface area contributed by atoms with Crippen LogP contribution in [-0.4, -0.2) is 25.0 Å². The summed E-state index contributed by atoms with van der Waals surface area (Å²) in [6.07, 6.45) is 1.62. The molecule has 0 amide bonds. The fourth-order valence-electron chi connectivity index (χ4n) is 1.12. The molecule has 0 aliphatic heterocycles. The van der Waals surface area contributed by atoms with Crippen LogP contribution in [0.1, 0.15) is 5.82 Å². The van der Waals surface area contributed by atoms with E-state index < -0.39 is 0 Å². The van der Waals surface area contributed by atoms with Crippen molar-refractivity contribution in [3.63, 3.8) is 0 Å². The van der Waals surface area contributed by atoms with Crippen LogP contribution in [0.5, 0.6) is 0 Å². The molecule has 0 saturated heterocycles. The van der Waals surface area contributed by atoms with Crippen molar-refractivity contribution in [2.75, 3.05) is 5.32 Å². The Morgan fingerprint density at radius 2 is 2.19 bits per heavy atom. The maximum atomic E-state index is 5.83. The van der Waals surface area contributed by atoms with E-state index in [0.717, 1.165) is 0 Å². The monoisotopic (exact) mass is 258 g/mol. The van der Waals surface area contributed by atoms with E-state index in [1.807, 2.05) is 0 Å².